The van der Waals surface area contributed by atoms with E-state index in [1.54, 1.807) is 0 Å². The van der Waals surface area contributed by atoms with E-state index >= 15 is 0 Å². The predicted molar refractivity (Wildman–Crippen MR) is 69.9 cm³/mol. The zero-order valence-corrected chi connectivity index (χ0v) is 12.5. The largest absolute Gasteiger partial charge is 0.492 e. The lowest BCUT2D eigenvalue weighted by Gasteiger charge is -2.09. The van der Waals surface area contributed by atoms with Crippen molar-refractivity contribution >= 4 is 32.8 Å². The third kappa shape index (κ3) is 3.25. The summed E-state index contributed by atoms with van der Waals surface area (Å²) >= 11 is 2.22. The van der Waals surface area contributed by atoms with Crippen LogP contribution in [0.5, 0.6) is 5.75 Å². The summed E-state index contributed by atoms with van der Waals surface area (Å²) in [7, 11) is 1.24. The molecule has 0 unspecified atom stereocenters. The van der Waals surface area contributed by atoms with Gasteiger partial charge in [-0.05, 0) is 40.6 Å². The fourth-order valence-corrected chi connectivity index (χ4v) is 2.09. The van der Waals surface area contributed by atoms with Gasteiger partial charge in [-0.1, -0.05) is 18.2 Å². The van der Waals surface area contributed by atoms with Crippen molar-refractivity contribution in [1.82, 2.24) is 0 Å². The van der Waals surface area contributed by atoms with Crippen molar-refractivity contribution in [3.05, 3.63) is 27.3 Å². The number of benzene rings is 1. The van der Waals surface area contributed by atoms with Crippen molar-refractivity contribution in [3.8, 4) is 5.75 Å². The predicted octanol–water partition coefficient (Wildman–Crippen LogP) is 1.34. The summed E-state index contributed by atoms with van der Waals surface area (Å²) in [6.07, 6.45) is 1.13. The Morgan fingerprint density at radius 3 is 2.86 bits per heavy atom. The number of aliphatic hydroxyl groups excluding tert-OH is 1. The van der Waals surface area contributed by atoms with Crippen molar-refractivity contribution in [2.45, 2.75) is 19.1 Å². The van der Waals surface area contributed by atoms with Crippen LogP contribution in [-0.4, -0.2) is 22.0 Å². The first-order valence-electron chi connectivity index (χ1n) is 4.80. The Kier molecular flexibility index (Phi) is 5.50. The Labute approximate surface area is 101 Å². The summed E-state index contributed by atoms with van der Waals surface area (Å²) in [6.45, 7) is 0.866. The molecule has 1 N–H and O–H groups in total. The van der Waals surface area contributed by atoms with Gasteiger partial charge in [-0.3, -0.25) is 0 Å². The van der Waals surface area contributed by atoms with Gasteiger partial charge in [0.1, 0.15) is 5.75 Å². The maximum atomic E-state index is 9.06. The van der Waals surface area contributed by atoms with Gasteiger partial charge < -0.3 is 9.84 Å². The van der Waals surface area contributed by atoms with Gasteiger partial charge in [-0.25, -0.2) is 0 Å². The molecule has 0 fully saturated rings. The van der Waals surface area contributed by atoms with Gasteiger partial charge in [0.15, 0.2) is 0 Å². The number of hydrogen-bond acceptors (Lipinski definition) is 2. The molecule has 1 aromatic rings. The average Bonchev–Trinajstić information content (AvgIpc) is 2.21. The molecule has 14 heavy (non-hydrogen) atoms. The number of halogens is 1. The van der Waals surface area contributed by atoms with E-state index in [4.69, 9.17) is 9.84 Å². The zero-order valence-electron chi connectivity index (χ0n) is 8.29. The molecule has 0 spiro atoms. The highest BCUT2D eigenvalue weighted by Gasteiger charge is 2.04. The van der Waals surface area contributed by atoms with E-state index in [0.717, 1.165) is 27.9 Å². The van der Waals surface area contributed by atoms with Crippen LogP contribution in [0.2, 0.25) is 6.04 Å². The van der Waals surface area contributed by atoms with Crippen LogP contribution in [-0.2, 0) is 6.61 Å². The molecule has 0 aliphatic heterocycles. The molecule has 0 amide bonds. The Hall–Kier alpha value is -0.0731. The summed E-state index contributed by atoms with van der Waals surface area (Å²) in [5.74, 6) is 0.896. The number of rotatable bonds is 5. The van der Waals surface area contributed by atoms with Crippen LogP contribution in [0.15, 0.2) is 18.2 Å². The number of aliphatic hydroxyl groups is 1. The van der Waals surface area contributed by atoms with Gasteiger partial charge in [-0.15, -0.1) is 0 Å². The average molecular weight is 322 g/mol. The first-order valence-corrected chi connectivity index (χ1v) is 7.30. The minimum Gasteiger partial charge on any atom is -0.492 e. The van der Waals surface area contributed by atoms with Crippen molar-refractivity contribution in [2.24, 2.45) is 0 Å². The Balaban J connectivity index is 2.66. The maximum absolute atomic E-state index is 9.06. The van der Waals surface area contributed by atoms with Gasteiger partial charge in [0.25, 0.3) is 0 Å². The Morgan fingerprint density at radius 2 is 2.21 bits per heavy atom. The van der Waals surface area contributed by atoms with E-state index in [9.17, 15) is 0 Å². The number of ether oxygens (including phenoxy) is 1. The molecular formula is C10H15IO2Si. The lowest BCUT2D eigenvalue weighted by Crippen LogP contribution is -2.00. The third-order valence-electron chi connectivity index (χ3n) is 1.97. The van der Waals surface area contributed by atoms with Crippen LogP contribution >= 0.6 is 22.6 Å². The molecule has 0 aliphatic carbocycles. The Bertz CT molecular complexity index is 291. The highest BCUT2D eigenvalue weighted by Crippen LogP contribution is 2.24. The standard InChI is InChI=1S/C10H15IO2Si/c11-10-8(7-12)3-1-4-9(10)13-5-2-6-14/h1,3-4,12H,2,5-7H2,14H3. The van der Waals surface area contributed by atoms with Crippen LogP contribution in [0, 0.1) is 3.57 Å². The molecule has 78 valence electrons. The van der Waals surface area contributed by atoms with E-state index in [2.05, 4.69) is 22.6 Å². The molecule has 0 radical (unpaired) electrons. The summed E-state index contributed by atoms with van der Waals surface area (Å²) in [6, 6.07) is 7.06. The Morgan fingerprint density at radius 1 is 1.43 bits per heavy atom. The topological polar surface area (TPSA) is 29.5 Å². The molecule has 1 aromatic carbocycles. The molecule has 0 saturated heterocycles. The first kappa shape index (κ1) is 12.0. The lowest BCUT2D eigenvalue weighted by molar-refractivity contribution is 0.277. The van der Waals surface area contributed by atoms with Gasteiger partial charge >= 0.3 is 0 Å². The highest BCUT2D eigenvalue weighted by molar-refractivity contribution is 14.1. The zero-order chi connectivity index (χ0) is 10.4. The summed E-state index contributed by atoms with van der Waals surface area (Å²) < 4.78 is 6.65. The smallest absolute Gasteiger partial charge is 0.132 e. The molecule has 1 rings (SSSR count). The fourth-order valence-electron chi connectivity index (χ4n) is 1.12. The minimum atomic E-state index is 0.0795. The van der Waals surface area contributed by atoms with Crippen LogP contribution in [0.1, 0.15) is 12.0 Å². The SMILES string of the molecule is OCc1cccc(OCCC[SiH3])c1I. The van der Waals surface area contributed by atoms with Gasteiger partial charge in [0, 0.05) is 10.2 Å². The summed E-state index contributed by atoms with van der Waals surface area (Å²) in [4.78, 5) is 0. The normalized spacial score (nSPS) is 10.4. The van der Waals surface area contributed by atoms with E-state index in [1.165, 1.54) is 16.3 Å². The quantitative estimate of drug-likeness (QED) is 0.504. The second kappa shape index (κ2) is 6.42. The van der Waals surface area contributed by atoms with Crippen LogP contribution in [0.4, 0.5) is 0 Å². The molecular weight excluding hydrogens is 307 g/mol. The van der Waals surface area contributed by atoms with E-state index in [-0.39, 0.29) is 6.61 Å². The molecule has 4 heteroatoms. The monoisotopic (exact) mass is 322 g/mol. The third-order valence-corrected chi connectivity index (χ3v) is 3.90. The van der Waals surface area contributed by atoms with E-state index < -0.39 is 0 Å². The maximum Gasteiger partial charge on any atom is 0.132 e. The molecule has 0 atom stereocenters. The van der Waals surface area contributed by atoms with Crippen molar-refractivity contribution < 1.29 is 9.84 Å². The summed E-state index contributed by atoms with van der Waals surface area (Å²) in [5, 5.41) is 9.06. The molecule has 0 aliphatic rings. The fraction of sp³-hybridized carbons (Fsp3) is 0.400. The van der Waals surface area contributed by atoms with Crippen LogP contribution in [0.3, 0.4) is 0 Å². The second-order valence-corrected chi connectivity index (χ2v) is 5.17. The van der Waals surface area contributed by atoms with Crippen molar-refractivity contribution in [3.63, 3.8) is 0 Å². The first-order chi connectivity index (χ1) is 6.79. The molecule has 0 saturated carbocycles. The van der Waals surface area contributed by atoms with E-state index in [1.807, 2.05) is 18.2 Å². The van der Waals surface area contributed by atoms with Crippen LogP contribution in [0.25, 0.3) is 0 Å². The molecule has 0 bridgehead atoms. The van der Waals surface area contributed by atoms with E-state index in [0.29, 0.717) is 0 Å². The highest BCUT2D eigenvalue weighted by atomic mass is 127. The van der Waals surface area contributed by atoms with Gasteiger partial charge in [0.2, 0.25) is 0 Å². The molecule has 2 nitrogen and oxygen atoms in total. The second-order valence-electron chi connectivity index (χ2n) is 3.09. The molecule has 0 heterocycles. The lowest BCUT2D eigenvalue weighted by atomic mass is 10.2. The minimum absolute atomic E-state index is 0.0795. The van der Waals surface area contributed by atoms with Crippen LogP contribution < -0.4 is 4.74 Å². The molecule has 0 aromatic heterocycles. The van der Waals surface area contributed by atoms with Crippen molar-refractivity contribution in [2.75, 3.05) is 6.61 Å². The summed E-state index contributed by atoms with van der Waals surface area (Å²) in [5.41, 5.74) is 0.939. The number of hydrogen-bond donors (Lipinski definition) is 1. The van der Waals surface area contributed by atoms with Gasteiger partial charge in [0.05, 0.1) is 16.8 Å². The van der Waals surface area contributed by atoms with Gasteiger partial charge in [-0.2, -0.15) is 0 Å². The van der Waals surface area contributed by atoms with Crippen molar-refractivity contribution in [1.29, 1.82) is 0 Å².